The van der Waals surface area contributed by atoms with E-state index in [0.29, 0.717) is 11.4 Å². The highest BCUT2D eigenvalue weighted by molar-refractivity contribution is 9.09. The highest BCUT2D eigenvalue weighted by Gasteiger charge is 2.21. The minimum absolute atomic E-state index is 0.0000463. The van der Waals surface area contributed by atoms with Gasteiger partial charge in [0.1, 0.15) is 12.0 Å². The molecular weight excluding hydrogens is 256 g/mol. The largest absolute Gasteiger partial charge is 0.493 e. The van der Waals surface area contributed by atoms with E-state index in [1.807, 2.05) is 12.1 Å². The van der Waals surface area contributed by atoms with Gasteiger partial charge in [-0.3, -0.25) is 0 Å². The number of aldehydes is 1. The van der Waals surface area contributed by atoms with Crippen LogP contribution in [0.3, 0.4) is 0 Å². The van der Waals surface area contributed by atoms with Gasteiger partial charge in [0, 0.05) is 16.3 Å². The minimum Gasteiger partial charge on any atom is -0.493 e. The second-order valence-corrected chi connectivity index (χ2v) is 5.17. The Bertz CT molecular complexity index is 374. The van der Waals surface area contributed by atoms with E-state index in [1.54, 1.807) is 0 Å². The van der Waals surface area contributed by atoms with E-state index in [-0.39, 0.29) is 5.92 Å². The molecule has 2 rings (SSSR count). The molecule has 1 aromatic rings. The molecule has 2 unspecified atom stereocenters. The SMILES string of the molecule is CC(Br)c1ccc2c(c1)C(C=O)CCO2. The number of hydrogen-bond acceptors (Lipinski definition) is 2. The number of hydrogen-bond donors (Lipinski definition) is 0. The molecule has 15 heavy (non-hydrogen) atoms. The van der Waals surface area contributed by atoms with Crippen molar-refractivity contribution in [2.24, 2.45) is 0 Å². The summed E-state index contributed by atoms with van der Waals surface area (Å²) in [6, 6.07) is 6.05. The molecule has 3 heteroatoms. The van der Waals surface area contributed by atoms with E-state index >= 15 is 0 Å². The maximum atomic E-state index is 10.9. The summed E-state index contributed by atoms with van der Waals surface area (Å²) in [4.78, 5) is 11.2. The summed E-state index contributed by atoms with van der Waals surface area (Å²) in [6.45, 7) is 2.71. The molecule has 1 aromatic carbocycles. The number of alkyl halides is 1. The number of carbonyl (C=O) groups excluding carboxylic acids is 1. The predicted octanol–water partition coefficient (Wildman–Crippen LogP) is 3.21. The van der Waals surface area contributed by atoms with Crippen LogP contribution in [-0.4, -0.2) is 12.9 Å². The molecule has 2 atom stereocenters. The van der Waals surface area contributed by atoms with E-state index < -0.39 is 0 Å². The summed E-state index contributed by atoms with van der Waals surface area (Å²) in [5.74, 6) is 0.857. The fourth-order valence-electron chi connectivity index (χ4n) is 1.83. The van der Waals surface area contributed by atoms with Crippen LogP contribution >= 0.6 is 15.9 Å². The minimum atomic E-state index is -0.0000463. The van der Waals surface area contributed by atoms with Gasteiger partial charge in [0.15, 0.2) is 0 Å². The molecule has 80 valence electrons. The molecule has 1 aliphatic heterocycles. The van der Waals surface area contributed by atoms with Gasteiger partial charge in [0.05, 0.1) is 6.61 Å². The normalized spacial score (nSPS) is 21.3. The molecule has 1 heterocycles. The average Bonchev–Trinajstić information content (AvgIpc) is 2.27. The zero-order chi connectivity index (χ0) is 10.8. The second kappa shape index (κ2) is 4.35. The molecular formula is C12H13BrO2. The van der Waals surface area contributed by atoms with E-state index in [9.17, 15) is 4.79 Å². The predicted molar refractivity (Wildman–Crippen MR) is 62.7 cm³/mol. The molecule has 0 fully saturated rings. The summed E-state index contributed by atoms with van der Waals surface area (Å²) in [5, 5.41) is 0. The van der Waals surface area contributed by atoms with Crippen molar-refractivity contribution in [2.45, 2.75) is 24.1 Å². The summed E-state index contributed by atoms with van der Waals surface area (Å²) in [5.41, 5.74) is 2.21. The Morgan fingerprint density at radius 2 is 2.40 bits per heavy atom. The first-order valence-corrected chi connectivity index (χ1v) is 6.00. The summed E-state index contributed by atoms with van der Waals surface area (Å²) < 4.78 is 5.52. The fraction of sp³-hybridized carbons (Fsp3) is 0.417. The van der Waals surface area contributed by atoms with Crippen LogP contribution in [0, 0.1) is 0 Å². The number of halogens is 1. The highest BCUT2D eigenvalue weighted by atomic mass is 79.9. The standard InChI is InChI=1S/C12H13BrO2/c1-8(13)9-2-3-12-11(6-9)10(7-14)4-5-15-12/h2-3,6-8,10H,4-5H2,1H3. The molecule has 0 spiro atoms. The first kappa shape index (κ1) is 10.7. The first-order chi connectivity index (χ1) is 7.22. The monoisotopic (exact) mass is 268 g/mol. The lowest BCUT2D eigenvalue weighted by Crippen LogP contribution is -2.15. The molecule has 0 aromatic heterocycles. The smallest absolute Gasteiger partial charge is 0.127 e. The van der Waals surface area contributed by atoms with Crippen LogP contribution in [0.5, 0.6) is 5.75 Å². The lowest BCUT2D eigenvalue weighted by atomic mass is 9.92. The molecule has 0 radical (unpaired) electrons. The molecule has 0 N–H and O–H groups in total. The van der Waals surface area contributed by atoms with Crippen molar-refractivity contribution in [3.8, 4) is 5.75 Å². The molecule has 0 saturated carbocycles. The Morgan fingerprint density at radius 1 is 1.60 bits per heavy atom. The Labute approximate surface area is 97.8 Å². The average molecular weight is 269 g/mol. The lowest BCUT2D eigenvalue weighted by Gasteiger charge is -2.23. The van der Waals surface area contributed by atoms with Gasteiger partial charge < -0.3 is 9.53 Å². The summed E-state index contributed by atoms with van der Waals surface area (Å²) in [7, 11) is 0. The van der Waals surface area contributed by atoms with Crippen LogP contribution in [0.15, 0.2) is 18.2 Å². The van der Waals surface area contributed by atoms with Crippen LogP contribution in [-0.2, 0) is 4.79 Å². The van der Waals surface area contributed by atoms with Gasteiger partial charge in [0.2, 0.25) is 0 Å². The number of benzene rings is 1. The third kappa shape index (κ3) is 2.07. The maximum Gasteiger partial charge on any atom is 0.127 e. The van der Waals surface area contributed by atoms with Crippen molar-refractivity contribution >= 4 is 22.2 Å². The van der Waals surface area contributed by atoms with E-state index in [2.05, 4.69) is 28.9 Å². The third-order valence-electron chi connectivity index (χ3n) is 2.74. The van der Waals surface area contributed by atoms with Crippen LogP contribution < -0.4 is 4.74 Å². The fourth-order valence-corrected chi connectivity index (χ4v) is 2.11. The van der Waals surface area contributed by atoms with Gasteiger partial charge in [-0.2, -0.15) is 0 Å². The van der Waals surface area contributed by atoms with Gasteiger partial charge >= 0.3 is 0 Å². The Hall–Kier alpha value is -0.830. The van der Waals surface area contributed by atoms with E-state index in [1.165, 1.54) is 5.56 Å². The van der Waals surface area contributed by atoms with Crippen molar-refractivity contribution < 1.29 is 9.53 Å². The van der Waals surface area contributed by atoms with Gasteiger partial charge in [-0.15, -0.1) is 0 Å². The Balaban J connectivity index is 2.43. The van der Waals surface area contributed by atoms with Crippen LogP contribution in [0.1, 0.15) is 35.2 Å². The zero-order valence-electron chi connectivity index (χ0n) is 8.57. The van der Waals surface area contributed by atoms with Crippen molar-refractivity contribution in [1.82, 2.24) is 0 Å². The molecule has 0 amide bonds. The number of carbonyl (C=O) groups is 1. The zero-order valence-corrected chi connectivity index (χ0v) is 10.2. The quantitative estimate of drug-likeness (QED) is 0.608. The van der Waals surface area contributed by atoms with E-state index in [4.69, 9.17) is 4.74 Å². The second-order valence-electron chi connectivity index (χ2n) is 3.79. The number of ether oxygens (including phenoxy) is 1. The Morgan fingerprint density at radius 3 is 3.07 bits per heavy atom. The van der Waals surface area contributed by atoms with Gasteiger partial charge in [-0.25, -0.2) is 0 Å². The third-order valence-corrected chi connectivity index (χ3v) is 3.27. The van der Waals surface area contributed by atoms with Crippen LogP contribution in [0.4, 0.5) is 0 Å². The van der Waals surface area contributed by atoms with Crippen molar-refractivity contribution in [3.05, 3.63) is 29.3 Å². The number of fused-ring (bicyclic) bond motifs is 1. The molecule has 0 bridgehead atoms. The van der Waals surface area contributed by atoms with Gasteiger partial charge in [-0.1, -0.05) is 28.1 Å². The molecule has 0 aliphatic carbocycles. The topological polar surface area (TPSA) is 26.3 Å². The van der Waals surface area contributed by atoms with Crippen molar-refractivity contribution in [2.75, 3.05) is 6.61 Å². The summed E-state index contributed by atoms with van der Waals surface area (Å²) >= 11 is 3.52. The summed E-state index contributed by atoms with van der Waals surface area (Å²) in [6.07, 6.45) is 1.81. The van der Waals surface area contributed by atoms with Gasteiger partial charge in [0.25, 0.3) is 0 Å². The van der Waals surface area contributed by atoms with Gasteiger partial charge in [-0.05, 0) is 25.0 Å². The number of rotatable bonds is 2. The Kier molecular flexibility index (Phi) is 3.10. The molecule has 1 aliphatic rings. The lowest BCUT2D eigenvalue weighted by molar-refractivity contribution is -0.109. The van der Waals surface area contributed by atoms with Crippen LogP contribution in [0.25, 0.3) is 0 Å². The molecule has 2 nitrogen and oxygen atoms in total. The van der Waals surface area contributed by atoms with Crippen LogP contribution in [0.2, 0.25) is 0 Å². The van der Waals surface area contributed by atoms with E-state index in [0.717, 1.165) is 24.0 Å². The van der Waals surface area contributed by atoms with Crippen molar-refractivity contribution in [3.63, 3.8) is 0 Å². The highest BCUT2D eigenvalue weighted by Crippen LogP contribution is 2.35. The first-order valence-electron chi connectivity index (χ1n) is 5.08. The molecule has 0 saturated heterocycles. The van der Waals surface area contributed by atoms with Crippen molar-refractivity contribution in [1.29, 1.82) is 0 Å². The maximum absolute atomic E-state index is 10.9.